The highest BCUT2D eigenvalue weighted by atomic mass is 16.4. The van der Waals surface area contributed by atoms with E-state index in [9.17, 15) is 14.7 Å². The fourth-order valence-electron chi connectivity index (χ4n) is 2.32. The van der Waals surface area contributed by atoms with Crippen molar-refractivity contribution in [1.82, 2.24) is 4.90 Å². The number of amides is 2. The number of nitrogens with one attached hydrogen (secondary N) is 1. The Morgan fingerprint density at radius 2 is 2.00 bits per heavy atom. The Hall–Kier alpha value is -2.04. The first-order valence-corrected chi connectivity index (χ1v) is 7.32. The van der Waals surface area contributed by atoms with Crippen molar-refractivity contribution < 1.29 is 14.7 Å². The highest BCUT2D eigenvalue weighted by molar-refractivity contribution is 5.94. The Bertz CT molecular complexity index is 565. The quantitative estimate of drug-likeness (QED) is 0.874. The maximum Gasteiger partial charge on any atom is 0.336 e. The lowest BCUT2D eigenvalue weighted by Gasteiger charge is -2.21. The summed E-state index contributed by atoms with van der Waals surface area (Å²) in [6.07, 6.45) is 2.38. The normalized spacial score (nSPS) is 13.9. The predicted molar refractivity (Wildman–Crippen MR) is 81.9 cm³/mol. The van der Waals surface area contributed by atoms with Gasteiger partial charge in [-0.2, -0.15) is 0 Å². The van der Waals surface area contributed by atoms with Gasteiger partial charge in [0.15, 0.2) is 0 Å². The summed E-state index contributed by atoms with van der Waals surface area (Å²) in [5.41, 5.74) is 2.35. The number of carbonyl (C=O) groups is 2. The number of benzene rings is 1. The number of rotatable bonds is 5. The number of aromatic carboxylic acids is 1. The second-order valence-electron chi connectivity index (χ2n) is 5.68. The molecule has 1 aromatic rings. The van der Waals surface area contributed by atoms with E-state index < -0.39 is 5.97 Å². The van der Waals surface area contributed by atoms with Crippen LogP contribution < -0.4 is 5.32 Å². The molecule has 1 aliphatic rings. The van der Waals surface area contributed by atoms with Gasteiger partial charge in [0.05, 0.1) is 5.56 Å². The molecule has 114 valence electrons. The Labute approximate surface area is 125 Å². The molecule has 5 nitrogen and oxygen atoms in total. The maximum atomic E-state index is 12.3. The predicted octanol–water partition coefficient (Wildman–Crippen LogP) is 3.27. The van der Waals surface area contributed by atoms with E-state index in [1.54, 1.807) is 11.8 Å². The van der Waals surface area contributed by atoms with E-state index in [1.165, 1.54) is 18.9 Å². The van der Waals surface area contributed by atoms with Crippen molar-refractivity contribution in [2.45, 2.75) is 33.6 Å². The molecule has 0 spiro atoms. The molecular weight excluding hydrogens is 268 g/mol. The van der Waals surface area contributed by atoms with Gasteiger partial charge in [0, 0.05) is 18.8 Å². The number of carboxylic acid groups (broad SMARTS) is 1. The standard InChI is InChI=1S/C16H22N2O3/c1-4-18(9-12-5-6-12)16(21)17-13-7-10(2)11(3)14(8-13)15(19)20/h7-8,12H,4-6,9H2,1-3H3,(H,17,21)(H,19,20). The molecule has 0 saturated heterocycles. The zero-order valence-electron chi connectivity index (χ0n) is 12.8. The zero-order chi connectivity index (χ0) is 15.6. The van der Waals surface area contributed by atoms with Gasteiger partial charge in [0.2, 0.25) is 0 Å². The van der Waals surface area contributed by atoms with Crippen molar-refractivity contribution in [3.05, 3.63) is 28.8 Å². The Kier molecular flexibility index (Phi) is 4.50. The molecule has 2 N–H and O–H groups in total. The average Bonchev–Trinajstić information content (AvgIpc) is 3.23. The van der Waals surface area contributed by atoms with Crippen molar-refractivity contribution in [3.8, 4) is 0 Å². The summed E-state index contributed by atoms with van der Waals surface area (Å²) >= 11 is 0. The van der Waals surface area contributed by atoms with Crippen LogP contribution in [0.2, 0.25) is 0 Å². The molecular formula is C16H22N2O3. The van der Waals surface area contributed by atoms with Crippen molar-refractivity contribution >= 4 is 17.7 Å². The minimum Gasteiger partial charge on any atom is -0.478 e. The molecule has 0 radical (unpaired) electrons. The van der Waals surface area contributed by atoms with E-state index >= 15 is 0 Å². The smallest absolute Gasteiger partial charge is 0.336 e. The third kappa shape index (κ3) is 3.74. The molecule has 2 rings (SSSR count). The Morgan fingerprint density at radius 3 is 2.52 bits per heavy atom. The topological polar surface area (TPSA) is 69.6 Å². The first-order chi connectivity index (χ1) is 9.92. The van der Waals surface area contributed by atoms with Gasteiger partial charge in [-0.05, 0) is 62.8 Å². The molecule has 1 fully saturated rings. The molecule has 1 aromatic carbocycles. The number of hydrogen-bond donors (Lipinski definition) is 2. The second-order valence-corrected chi connectivity index (χ2v) is 5.68. The summed E-state index contributed by atoms with van der Waals surface area (Å²) in [6, 6.07) is 3.17. The van der Waals surface area contributed by atoms with Crippen LogP contribution in [0.5, 0.6) is 0 Å². The summed E-state index contributed by atoms with van der Waals surface area (Å²) in [5.74, 6) is -0.345. The Morgan fingerprint density at radius 1 is 1.33 bits per heavy atom. The fraction of sp³-hybridized carbons (Fsp3) is 0.500. The van der Waals surface area contributed by atoms with Gasteiger partial charge in [-0.25, -0.2) is 9.59 Å². The maximum absolute atomic E-state index is 12.3. The van der Waals surface area contributed by atoms with Crippen LogP contribution >= 0.6 is 0 Å². The summed E-state index contributed by atoms with van der Waals surface area (Å²) < 4.78 is 0. The second kappa shape index (κ2) is 6.16. The summed E-state index contributed by atoms with van der Waals surface area (Å²) in [4.78, 5) is 25.3. The van der Waals surface area contributed by atoms with Crippen molar-refractivity contribution in [2.24, 2.45) is 5.92 Å². The molecule has 0 aliphatic heterocycles. The summed E-state index contributed by atoms with van der Waals surface area (Å²) in [6.45, 7) is 7.00. The van der Waals surface area contributed by atoms with E-state index in [2.05, 4.69) is 5.32 Å². The lowest BCUT2D eigenvalue weighted by Crippen LogP contribution is -2.36. The molecule has 2 amide bonds. The molecule has 0 atom stereocenters. The molecule has 1 saturated carbocycles. The van der Waals surface area contributed by atoms with E-state index in [0.717, 1.165) is 17.7 Å². The van der Waals surface area contributed by atoms with Crippen LogP contribution in [0.3, 0.4) is 0 Å². The van der Waals surface area contributed by atoms with Crippen LogP contribution in [-0.2, 0) is 0 Å². The van der Waals surface area contributed by atoms with Crippen molar-refractivity contribution in [1.29, 1.82) is 0 Å². The number of carbonyl (C=O) groups excluding carboxylic acids is 1. The summed E-state index contributed by atoms with van der Waals surface area (Å²) in [7, 11) is 0. The molecule has 1 aliphatic carbocycles. The van der Waals surface area contributed by atoms with Gasteiger partial charge in [-0.3, -0.25) is 0 Å². The number of hydrogen-bond acceptors (Lipinski definition) is 2. The Balaban J connectivity index is 2.14. The SMILES string of the molecule is CCN(CC1CC1)C(=O)Nc1cc(C)c(C)c(C(=O)O)c1. The zero-order valence-corrected chi connectivity index (χ0v) is 12.8. The highest BCUT2D eigenvalue weighted by Gasteiger charge is 2.26. The minimum atomic E-state index is -0.975. The molecule has 21 heavy (non-hydrogen) atoms. The van der Waals surface area contributed by atoms with Gasteiger partial charge < -0.3 is 15.3 Å². The van der Waals surface area contributed by atoms with E-state index in [1.807, 2.05) is 19.9 Å². The van der Waals surface area contributed by atoms with Gasteiger partial charge in [-0.1, -0.05) is 0 Å². The number of anilines is 1. The molecule has 0 aromatic heterocycles. The monoisotopic (exact) mass is 290 g/mol. The first kappa shape index (κ1) is 15.4. The first-order valence-electron chi connectivity index (χ1n) is 7.32. The molecule has 0 heterocycles. The molecule has 0 unspecified atom stereocenters. The van der Waals surface area contributed by atoms with Gasteiger partial charge >= 0.3 is 12.0 Å². The van der Waals surface area contributed by atoms with Crippen LogP contribution in [0.4, 0.5) is 10.5 Å². The largest absolute Gasteiger partial charge is 0.478 e. The number of aryl methyl sites for hydroxylation is 1. The highest BCUT2D eigenvalue weighted by Crippen LogP contribution is 2.30. The van der Waals surface area contributed by atoms with Crippen molar-refractivity contribution in [3.63, 3.8) is 0 Å². The van der Waals surface area contributed by atoms with E-state index in [0.29, 0.717) is 18.2 Å². The number of nitrogens with zero attached hydrogens (tertiary/aromatic N) is 1. The lowest BCUT2D eigenvalue weighted by atomic mass is 10.0. The minimum absolute atomic E-state index is 0.163. The fourth-order valence-corrected chi connectivity index (χ4v) is 2.32. The van der Waals surface area contributed by atoms with Crippen LogP contribution in [0.15, 0.2) is 12.1 Å². The average molecular weight is 290 g/mol. The van der Waals surface area contributed by atoms with Crippen LogP contribution in [0.25, 0.3) is 0 Å². The van der Waals surface area contributed by atoms with Gasteiger partial charge in [0.1, 0.15) is 0 Å². The number of carboxylic acids is 1. The third-order valence-electron chi connectivity index (χ3n) is 3.99. The third-order valence-corrected chi connectivity index (χ3v) is 3.99. The summed E-state index contributed by atoms with van der Waals surface area (Å²) in [5, 5.41) is 12.0. The molecule has 0 bridgehead atoms. The van der Waals surface area contributed by atoms with Crippen molar-refractivity contribution in [2.75, 3.05) is 18.4 Å². The number of urea groups is 1. The van der Waals surface area contributed by atoms with E-state index in [-0.39, 0.29) is 11.6 Å². The lowest BCUT2D eigenvalue weighted by molar-refractivity contribution is 0.0696. The van der Waals surface area contributed by atoms with Gasteiger partial charge in [-0.15, -0.1) is 0 Å². The van der Waals surface area contributed by atoms with Crippen LogP contribution in [0, 0.1) is 19.8 Å². The van der Waals surface area contributed by atoms with E-state index in [4.69, 9.17) is 0 Å². The molecule has 5 heteroatoms. The van der Waals surface area contributed by atoms with Crippen LogP contribution in [-0.4, -0.2) is 35.1 Å². The van der Waals surface area contributed by atoms with Gasteiger partial charge in [0.25, 0.3) is 0 Å². The van der Waals surface area contributed by atoms with Crippen LogP contribution in [0.1, 0.15) is 41.3 Å².